The van der Waals surface area contributed by atoms with Crippen molar-refractivity contribution in [3.63, 3.8) is 0 Å². The highest BCUT2D eigenvalue weighted by atomic mass is 35.5. The number of pyridine rings is 1. The van der Waals surface area contributed by atoms with Gasteiger partial charge in [0.15, 0.2) is 5.65 Å². The molecule has 0 aliphatic heterocycles. The van der Waals surface area contributed by atoms with Gasteiger partial charge in [-0.15, -0.1) is 0 Å². The molecule has 0 radical (unpaired) electrons. The second kappa shape index (κ2) is 6.32. The largest absolute Gasteiger partial charge is 0.284 e. The van der Waals surface area contributed by atoms with E-state index >= 15 is 0 Å². The second-order valence-electron chi connectivity index (χ2n) is 6.59. The molecule has 0 atom stereocenters. The van der Waals surface area contributed by atoms with E-state index < -0.39 is 0 Å². The first-order valence-corrected chi connectivity index (χ1v) is 9.22. The Labute approximate surface area is 165 Å². The topological polar surface area (TPSA) is 52.2 Å². The van der Waals surface area contributed by atoms with Crippen LogP contribution in [0.3, 0.4) is 0 Å². The highest BCUT2D eigenvalue weighted by Crippen LogP contribution is 2.29. The van der Waals surface area contributed by atoms with Crippen LogP contribution >= 0.6 is 11.6 Å². The molecular formula is C22H15ClN4O. The number of halogens is 1. The van der Waals surface area contributed by atoms with Crippen molar-refractivity contribution in [2.75, 3.05) is 0 Å². The molecule has 136 valence electrons. The minimum atomic E-state index is -0.126. The number of benzene rings is 2. The van der Waals surface area contributed by atoms with E-state index in [1.54, 1.807) is 21.5 Å². The van der Waals surface area contributed by atoms with Crippen LogP contribution in [0, 0.1) is 6.92 Å². The van der Waals surface area contributed by atoms with Gasteiger partial charge in [0.2, 0.25) is 0 Å². The lowest BCUT2D eigenvalue weighted by molar-refractivity contribution is 0.940. The van der Waals surface area contributed by atoms with Crippen LogP contribution in [0.25, 0.3) is 33.4 Å². The Bertz CT molecular complexity index is 1390. The Kier molecular flexibility index (Phi) is 3.77. The third-order valence-electron chi connectivity index (χ3n) is 4.85. The summed E-state index contributed by atoms with van der Waals surface area (Å²) in [6.45, 7) is 1.94. The van der Waals surface area contributed by atoms with Gasteiger partial charge in [0.1, 0.15) is 0 Å². The predicted molar refractivity (Wildman–Crippen MR) is 111 cm³/mol. The predicted octanol–water partition coefficient (Wildman–Crippen LogP) is 4.66. The van der Waals surface area contributed by atoms with E-state index in [1.807, 2.05) is 67.6 Å². The Morgan fingerprint density at radius 1 is 0.964 bits per heavy atom. The zero-order valence-electron chi connectivity index (χ0n) is 15.0. The van der Waals surface area contributed by atoms with Gasteiger partial charge in [-0.05, 0) is 42.8 Å². The molecule has 0 saturated heterocycles. The maximum absolute atomic E-state index is 13.0. The van der Waals surface area contributed by atoms with Crippen LogP contribution in [0.5, 0.6) is 0 Å². The van der Waals surface area contributed by atoms with E-state index in [1.165, 1.54) is 0 Å². The SMILES string of the molecule is Cc1nn2c(ncc3c(=O)n(-c4ccccc4)ccc32)c1-c1ccc(Cl)cc1. The summed E-state index contributed by atoms with van der Waals surface area (Å²) >= 11 is 6.02. The summed E-state index contributed by atoms with van der Waals surface area (Å²) in [5.41, 5.74) is 4.89. The summed E-state index contributed by atoms with van der Waals surface area (Å²) in [7, 11) is 0. The van der Waals surface area contributed by atoms with Crippen molar-refractivity contribution in [2.24, 2.45) is 0 Å². The van der Waals surface area contributed by atoms with Crippen LogP contribution in [0.2, 0.25) is 5.02 Å². The summed E-state index contributed by atoms with van der Waals surface area (Å²) < 4.78 is 3.36. The van der Waals surface area contributed by atoms with E-state index in [-0.39, 0.29) is 5.56 Å². The number of hydrogen-bond donors (Lipinski definition) is 0. The number of hydrogen-bond acceptors (Lipinski definition) is 3. The number of nitrogens with zero attached hydrogens (tertiary/aromatic N) is 4. The number of rotatable bonds is 2. The van der Waals surface area contributed by atoms with Crippen molar-refractivity contribution in [3.8, 4) is 16.8 Å². The number of aromatic nitrogens is 4. The molecule has 3 aromatic heterocycles. The molecule has 0 fully saturated rings. The van der Waals surface area contributed by atoms with Gasteiger partial charge in [0.05, 0.1) is 16.6 Å². The lowest BCUT2D eigenvalue weighted by Gasteiger charge is -2.08. The zero-order valence-corrected chi connectivity index (χ0v) is 15.8. The third kappa shape index (κ3) is 2.52. The lowest BCUT2D eigenvalue weighted by atomic mass is 10.1. The summed E-state index contributed by atoms with van der Waals surface area (Å²) in [4.78, 5) is 17.6. The smallest absolute Gasteiger partial charge is 0.266 e. The molecule has 28 heavy (non-hydrogen) atoms. The fraction of sp³-hybridized carbons (Fsp3) is 0.0455. The van der Waals surface area contributed by atoms with E-state index in [9.17, 15) is 4.79 Å². The zero-order chi connectivity index (χ0) is 19.3. The van der Waals surface area contributed by atoms with Gasteiger partial charge in [-0.25, -0.2) is 9.50 Å². The molecule has 2 aromatic carbocycles. The van der Waals surface area contributed by atoms with E-state index in [4.69, 9.17) is 11.6 Å². The maximum atomic E-state index is 13.0. The lowest BCUT2D eigenvalue weighted by Crippen LogP contribution is -2.18. The van der Waals surface area contributed by atoms with Crippen LogP contribution in [0.4, 0.5) is 0 Å². The highest BCUT2D eigenvalue weighted by Gasteiger charge is 2.16. The molecule has 0 N–H and O–H groups in total. The monoisotopic (exact) mass is 386 g/mol. The first-order chi connectivity index (χ1) is 13.6. The van der Waals surface area contributed by atoms with Crippen molar-refractivity contribution in [2.45, 2.75) is 6.92 Å². The van der Waals surface area contributed by atoms with Gasteiger partial charge in [-0.2, -0.15) is 5.10 Å². The van der Waals surface area contributed by atoms with Crippen molar-refractivity contribution < 1.29 is 0 Å². The van der Waals surface area contributed by atoms with Gasteiger partial charge >= 0.3 is 0 Å². The average Bonchev–Trinajstić information content (AvgIpc) is 3.06. The minimum absolute atomic E-state index is 0.126. The first-order valence-electron chi connectivity index (χ1n) is 8.84. The first kappa shape index (κ1) is 16.7. The molecular weight excluding hydrogens is 372 g/mol. The molecule has 0 aliphatic carbocycles. The van der Waals surface area contributed by atoms with E-state index in [2.05, 4.69) is 10.1 Å². The van der Waals surface area contributed by atoms with E-state index in [0.717, 1.165) is 28.0 Å². The second-order valence-corrected chi connectivity index (χ2v) is 7.02. The van der Waals surface area contributed by atoms with Crippen LogP contribution in [-0.4, -0.2) is 19.2 Å². The molecule has 6 heteroatoms. The Hall–Kier alpha value is -3.44. The summed E-state index contributed by atoms with van der Waals surface area (Å²) in [5, 5.41) is 5.85. The number of para-hydroxylation sites is 1. The van der Waals surface area contributed by atoms with Gasteiger partial charge < -0.3 is 0 Å². The quantitative estimate of drug-likeness (QED) is 0.443. The molecule has 0 unspecified atom stereocenters. The minimum Gasteiger partial charge on any atom is -0.284 e. The Balaban J connectivity index is 1.78. The summed E-state index contributed by atoms with van der Waals surface area (Å²) in [6, 6.07) is 19.0. The normalized spacial score (nSPS) is 11.4. The Morgan fingerprint density at radius 2 is 1.71 bits per heavy atom. The number of fused-ring (bicyclic) bond motifs is 3. The maximum Gasteiger partial charge on any atom is 0.266 e. The molecule has 0 amide bonds. The van der Waals surface area contributed by atoms with Gasteiger partial charge in [-0.1, -0.05) is 41.9 Å². The van der Waals surface area contributed by atoms with Crippen molar-refractivity contribution in [1.29, 1.82) is 0 Å². The molecule has 0 bridgehead atoms. The molecule has 3 heterocycles. The highest BCUT2D eigenvalue weighted by molar-refractivity contribution is 6.30. The van der Waals surface area contributed by atoms with Crippen LogP contribution in [0.15, 0.2) is 77.9 Å². The molecule has 0 saturated carbocycles. The van der Waals surface area contributed by atoms with Crippen LogP contribution < -0.4 is 5.56 Å². The summed E-state index contributed by atoms with van der Waals surface area (Å²) in [5.74, 6) is 0. The average molecular weight is 387 g/mol. The molecule has 5 nitrogen and oxygen atoms in total. The van der Waals surface area contributed by atoms with Gasteiger partial charge in [-0.3, -0.25) is 9.36 Å². The van der Waals surface area contributed by atoms with Crippen molar-refractivity contribution in [3.05, 3.63) is 94.1 Å². The standard InChI is InChI=1S/C22H15ClN4O/c1-14-20(15-7-9-16(23)10-8-15)21-24-13-18-19(27(21)25-14)11-12-26(22(18)28)17-5-3-2-4-6-17/h2-13H,1H3. The van der Waals surface area contributed by atoms with Gasteiger partial charge in [0.25, 0.3) is 5.56 Å². The molecule has 0 spiro atoms. The van der Waals surface area contributed by atoms with E-state index in [0.29, 0.717) is 16.1 Å². The molecule has 5 rings (SSSR count). The third-order valence-corrected chi connectivity index (χ3v) is 5.11. The van der Waals surface area contributed by atoms with Crippen LogP contribution in [-0.2, 0) is 0 Å². The molecule has 5 aromatic rings. The fourth-order valence-electron chi connectivity index (χ4n) is 3.52. The number of aryl methyl sites for hydroxylation is 1. The summed E-state index contributed by atoms with van der Waals surface area (Å²) in [6.07, 6.45) is 3.41. The fourth-order valence-corrected chi connectivity index (χ4v) is 3.65. The van der Waals surface area contributed by atoms with Crippen molar-refractivity contribution in [1.82, 2.24) is 19.2 Å². The van der Waals surface area contributed by atoms with Crippen LogP contribution in [0.1, 0.15) is 5.69 Å². The Morgan fingerprint density at radius 3 is 2.46 bits per heavy atom. The molecule has 0 aliphatic rings. The van der Waals surface area contributed by atoms with Crippen molar-refractivity contribution >= 4 is 28.2 Å². The van der Waals surface area contributed by atoms with Gasteiger partial charge in [0, 0.05) is 28.7 Å².